The number of hydrogen-bond donors (Lipinski definition) is 0. The molecular formula is C15H14FNO. The van der Waals surface area contributed by atoms with E-state index < -0.39 is 5.67 Å². The lowest BCUT2D eigenvalue weighted by molar-refractivity contribution is 0.295. The van der Waals surface area contributed by atoms with E-state index in [2.05, 4.69) is 4.98 Å². The molecule has 0 saturated heterocycles. The molecule has 0 radical (unpaired) electrons. The van der Waals surface area contributed by atoms with Crippen molar-refractivity contribution in [3.63, 3.8) is 0 Å². The van der Waals surface area contributed by atoms with Crippen LogP contribution in [0.5, 0.6) is 5.75 Å². The molecule has 2 nitrogen and oxygen atoms in total. The number of ether oxygens (including phenoxy) is 1. The molecule has 0 N–H and O–H groups in total. The van der Waals surface area contributed by atoms with Gasteiger partial charge in [-0.25, -0.2) is 4.39 Å². The van der Waals surface area contributed by atoms with Gasteiger partial charge in [-0.1, -0.05) is 30.3 Å². The van der Waals surface area contributed by atoms with Crippen LogP contribution in [-0.2, 0) is 12.3 Å². The van der Waals surface area contributed by atoms with E-state index in [1.165, 1.54) is 0 Å². The third-order valence-electron chi connectivity index (χ3n) is 3.17. The standard InChI is InChI=1S/C15H14FNO/c16-15(6-7-15)13-8-14(10-17-9-13)18-11-12-4-2-1-3-5-12/h1-5,8-10H,6-7,11H2. The van der Waals surface area contributed by atoms with Crippen LogP contribution in [0.3, 0.4) is 0 Å². The van der Waals surface area contributed by atoms with Crippen molar-refractivity contribution in [3.05, 3.63) is 59.9 Å². The zero-order valence-corrected chi connectivity index (χ0v) is 9.97. The van der Waals surface area contributed by atoms with Crippen LogP contribution in [0, 0.1) is 0 Å². The monoisotopic (exact) mass is 243 g/mol. The molecule has 0 atom stereocenters. The van der Waals surface area contributed by atoms with Gasteiger partial charge >= 0.3 is 0 Å². The second-order valence-electron chi connectivity index (χ2n) is 4.65. The van der Waals surface area contributed by atoms with Gasteiger partial charge in [-0.2, -0.15) is 0 Å². The van der Waals surface area contributed by atoms with E-state index in [1.807, 2.05) is 30.3 Å². The smallest absolute Gasteiger partial charge is 0.138 e. The van der Waals surface area contributed by atoms with Crippen molar-refractivity contribution in [2.24, 2.45) is 0 Å². The van der Waals surface area contributed by atoms with E-state index in [4.69, 9.17) is 4.74 Å². The lowest BCUT2D eigenvalue weighted by atomic mass is 10.1. The van der Waals surface area contributed by atoms with Gasteiger partial charge in [0.05, 0.1) is 6.20 Å². The first-order valence-electron chi connectivity index (χ1n) is 6.07. The molecule has 1 fully saturated rings. The first-order chi connectivity index (χ1) is 8.76. The average molecular weight is 243 g/mol. The number of aromatic nitrogens is 1. The largest absolute Gasteiger partial charge is 0.487 e. The fourth-order valence-corrected chi connectivity index (χ4v) is 1.88. The number of nitrogens with zero attached hydrogens (tertiary/aromatic N) is 1. The van der Waals surface area contributed by atoms with Gasteiger partial charge in [0.1, 0.15) is 18.0 Å². The minimum absolute atomic E-state index is 0.477. The van der Waals surface area contributed by atoms with Crippen molar-refractivity contribution in [2.45, 2.75) is 25.1 Å². The molecule has 92 valence electrons. The molecule has 2 aromatic rings. The van der Waals surface area contributed by atoms with Crippen LogP contribution >= 0.6 is 0 Å². The Morgan fingerprint density at radius 1 is 1.17 bits per heavy atom. The van der Waals surface area contributed by atoms with Crippen LogP contribution in [-0.4, -0.2) is 4.98 Å². The summed E-state index contributed by atoms with van der Waals surface area (Å²) in [4.78, 5) is 4.04. The minimum Gasteiger partial charge on any atom is -0.487 e. The van der Waals surface area contributed by atoms with Crippen LogP contribution in [0.1, 0.15) is 24.0 Å². The summed E-state index contributed by atoms with van der Waals surface area (Å²) in [6.45, 7) is 0.477. The average Bonchev–Trinajstić information content (AvgIpc) is 3.17. The third kappa shape index (κ3) is 2.35. The summed E-state index contributed by atoms with van der Waals surface area (Å²) in [5.41, 5.74) is 0.566. The van der Waals surface area contributed by atoms with Gasteiger partial charge in [-0.3, -0.25) is 4.98 Å². The van der Waals surface area contributed by atoms with Crippen molar-refractivity contribution in [1.82, 2.24) is 4.98 Å². The maximum absolute atomic E-state index is 13.9. The predicted octanol–water partition coefficient (Wildman–Crippen LogP) is 3.62. The van der Waals surface area contributed by atoms with Crippen LogP contribution in [0.4, 0.5) is 4.39 Å². The SMILES string of the molecule is FC1(c2cncc(OCc3ccccc3)c2)CC1. The molecule has 0 bridgehead atoms. The lowest BCUT2D eigenvalue weighted by Crippen LogP contribution is -2.01. The summed E-state index contributed by atoms with van der Waals surface area (Å²) < 4.78 is 19.5. The van der Waals surface area contributed by atoms with Crippen molar-refractivity contribution >= 4 is 0 Å². The van der Waals surface area contributed by atoms with E-state index in [-0.39, 0.29) is 0 Å². The molecule has 0 aliphatic heterocycles. The summed E-state index contributed by atoms with van der Waals surface area (Å²) in [5, 5.41) is 0. The van der Waals surface area contributed by atoms with Crippen LogP contribution < -0.4 is 4.74 Å². The molecule has 0 spiro atoms. The summed E-state index contributed by atoms with van der Waals surface area (Å²) in [7, 11) is 0. The molecule has 1 aliphatic rings. The first kappa shape index (κ1) is 11.2. The molecule has 0 amide bonds. The number of alkyl halides is 1. The normalized spacial score (nSPS) is 16.3. The Balaban J connectivity index is 1.70. The maximum atomic E-state index is 13.9. The molecule has 1 saturated carbocycles. The Bertz CT molecular complexity index is 537. The minimum atomic E-state index is -1.15. The predicted molar refractivity (Wildman–Crippen MR) is 67.0 cm³/mol. The Labute approximate surface area is 105 Å². The van der Waals surface area contributed by atoms with Crippen molar-refractivity contribution in [2.75, 3.05) is 0 Å². The van der Waals surface area contributed by atoms with Crippen LogP contribution in [0.25, 0.3) is 0 Å². The highest BCUT2D eigenvalue weighted by atomic mass is 19.1. The molecule has 1 aromatic heterocycles. The fourth-order valence-electron chi connectivity index (χ4n) is 1.88. The molecule has 0 unspecified atom stereocenters. The van der Waals surface area contributed by atoms with E-state index in [1.54, 1.807) is 18.5 Å². The first-order valence-corrected chi connectivity index (χ1v) is 6.07. The van der Waals surface area contributed by atoms with Crippen molar-refractivity contribution in [3.8, 4) is 5.75 Å². The molecule has 1 aliphatic carbocycles. The second-order valence-corrected chi connectivity index (χ2v) is 4.65. The van der Waals surface area contributed by atoms with E-state index in [0.29, 0.717) is 30.8 Å². The van der Waals surface area contributed by atoms with Crippen molar-refractivity contribution in [1.29, 1.82) is 0 Å². The van der Waals surface area contributed by atoms with Gasteiger partial charge in [0.15, 0.2) is 0 Å². The number of hydrogen-bond acceptors (Lipinski definition) is 2. The summed E-state index contributed by atoms with van der Waals surface area (Å²) in [6.07, 6.45) is 4.40. The van der Waals surface area contributed by atoms with Gasteiger partial charge < -0.3 is 4.74 Å². The van der Waals surface area contributed by atoms with Crippen LogP contribution in [0.2, 0.25) is 0 Å². The Hall–Kier alpha value is -1.90. The lowest BCUT2D eigenvalue weighted by Gasteiger charge is -2.09. The Kier molecular flexibility index (Phi) is 2.74. The van der Waals surface area contributed by atoms with Gasteiger partial charge in [0.25, 0.3) is 0 Å². The number of benzene rings is 1. The summed E-state index contributed by atoms with van der Waals surface area (Å²) in [5.74, 6) is 0.625. The van der Waals surface area contributed by atoms with E-state index >= 15 is 0 Å². The second kappa shape index (κ2) is 4.41. The van der Waals surface area contributed by atoms with Gasteiger partial charge in [-0.15, -0.1) is 0 Å². The van der Waals surface area contributed by atoms with Gasteiger partial charge in [0.2, 0.25) is 0 Å². The Morgan fingerprint density at radius 2 is 1.94 bits per heavy atom. The third-order valence-corrected chi connectivity index (χ3v) is 3.17. The quantitative estimate of drug-likeness (QED) is 0.818. The molecule has 1 heterocycles. The molecule has 18 heavy (non-hydrogen) atoms. The zero-order chi connectivity index (χ0) is 12.4. The Morgan fingerprint density at radius 3 is 2.67 bits per heavy atom. The number of halogens is 1. The fraction of sp³-hybridized carbons (Fsp3) is 0.267. The number of pyridine rings is 1. The highest BCUT2D eigenvalue weighted by molar-refractivity contribution is 5.31. The molecule has 3 rings (SSSR count). The summed E-state index contributed by atoms with van der Waals surface area (Å²) >= 11 is 0. The van der Waals surface area contributed by atoms with Crippen LogP contribution in [0.15, 0.2) is 48.8 Å². The van der Waals surface area contributed by atoms with Gasteiger partial charge in [-0.05, 0) is 24.5 Å². The summed E-state index contributed by atoms with van der Waals surface area (Å²) in [6, 6.07) is 11.6. The molecule has 3 heteroatoms. The zero-order valence-electron chi connectivity index (χ0n) is 9.97. The van der Waals surface area contributed by atoms with Gasteiger partial charge in [0, 0.05) is 11.8 Å². The van der Waals surface area contributed by atoms with Crippen molar-refractivity contribution < 1.29 is 9.13 Å². The topological polar surface area (TPSA) is 22.1 Å². The number of rotatable bonds is 4. The molecular weight excluding hydrogens is 229 g/mol. The maximum Gasteiger partial charge on any atom is 0.138 e. The highest BCUT2D eigenvalue weighted by Gasteiger charge is 2.45. The van der Waals surface area contributed by atoms with E-state index in [9.17, 15) is 4.39 Å². The highest BCUT2D eigenvalue weighted by Crippen LogP contribution is 2.49. The van der Waals surface area contributed by atoms with E-state index in [0.717, 1.165) is 5.56 Å². The molecule has 1 aromatic carbocycles.